The van der Waals surface area contributed by atoms with Gasteiger partial charge in [0, 0.05) is 0 Å². The molecule has 0 saturated carbocycles. The maximum atomic E-state index is 12.4. The van der Waals surface area contributed by atoms with Crippen LogP contribution in [0.4, 0.5) is 0 Å². The first-order chi connectivity index (χ1) is 14.2. The molecule has 0 saturated heterocycles. The summed E-state index contributed by atoms with van der Waals surface area (Å²) < 4.78 is 5.25. The van der Waals surface area contributed by atoms with Gasteiger partial charge in [-0.1, -0.05) is 117 Å². The normalized spacial score (nSPS) is 13.4. The van der Waals surface area contributed by atoms with Crippen LogP contribution in [0.3, 0.4) is 0 Å². The molecule has 0 heterocycles. The van der Waals surface area contributed by atoms with Crippen molar-refractivity contribution in [2.45, 2.75) is 136 Å². The van der Waals surface area contributed by atoms with Gasteiger partial charge in [0.05, 0.1) is 12.5 Å². The van der Waals surface area contributed by atoms with Gasteiger partial charge < -0.3 is 14.9 Å². The summed E-state index contributed by atoms with van der Waals surface area (Å²) in [5, 5.41) is 18.3. The number of carbonyl (C=O) groups is 1. The molecule has 0 spiro atoms. The van der Waals surface area contributed by atoms with Gasteiger partial charge in [0.1, 0.15) is 12.7 Å². The summed E-state index contributed by atoms with van der Waals surface area (Å²) in [5.74, 6) is -0.247. The first-order valence-corrected chi connectivity index (χ1v) is 12.6. The lowest BCUT2D eigenvalue weighted by Crippen LogP contribution is -2.25. The molecule has 0 amide bonds. The lowest BCUT2D eigenvalue weighted by molar-refractivity contribution is -0.152. The molecule has 0 bridgehead atoms. The van der Waals surface area contributed by atoms with Crippen LogP contribution in [0.25, 0.3) is 0 Å². The lowest BCUT2D eigenvalue weighted by atomic mass is 9.94. The molecule has 0 aliphatic rings. The molecule has 0 rings (SSSR count). The van der Waals surface area contributed by atoms with E-state index >= 15 is 0 Å². The standard InChI is InChI=1S/C25H50O4/c1-3-5-7-9-11-12-13-14-16-18-20-23(19-17-15-10-8-6-4-2)25(28)29-22-24(27)21-26/h23-24,26-27H,3-22H2,1-2H3. The second-order valence-electron chi connectivity index (χ2n) is 8.69. The summed E-state index contributed by atoms with van der Waals surface area (Å²) in [5.41, 5.74) is 0. The van der Waals surface area contributed by atoms with Crippen LogP contribution in [0, 0.1) is 5.92 Å². The molecule has 0 aromatic heterocycles. The molecule has 2 unspecified atom stereocenters. The first kappa shape index (κ1) is 28.4. The maximum Gasteiger partial charge on any atom is 0.309 e. The first-order valence-electron chi connectivity index (χ1n) is 12.6. The monoisotopic (exact) mass is 414 g/mol. The van der Waals surface area contributed by atoms with E-state index in [4.69, 9.17) is 9.84 Å². The van der Waals surface area contributed by atoms with Gasteiger partial charge in [0.2, 0.25) is 0 Å². The van der Waals surface area contributed by atoms with Gasteiger partial charge in [-0.2, -0.15) is 0 Å². The van der Waals surface area contributed by atoms with Crippen molar-refractivity contribution in [3.8, 4) is 0 Å². The highest BCUT2D eigenvalue weighted by molar-refractivity contribution is 5.72. The Bertz CT molecular complexity index is 346. The van der Waals surface area contributed by atoms with Crippen LogP contribution in [-0.2, 0) is 9.53 Å². The number of hydrogen-bond acceptors (Lipinski definition) is 4. The fraction of sp³-hybridized carbons (Fsp3) is 0.960. The van der Waals surface area contributed by atoms with Gasteiger partial charge in [-0.15, -0.1) is 0 Å². The number of rotatable bonds is 22. The van der Waals surface area contributed by atoms with Crippen molar-refractivity contribution in [1.29, 1.82) is 0 Å². The number of esters is 1. The Morgan fingerprint density at radius 1 is 0.690 bits per heavy atom. The van der Waals surface area contributed by atoms with Crippen LogP contribution in [-0.4, -0.2) is 35.5 Å². The van der Waals surface area contributed by atoms with Crippen molar-refractivity contribution in [3.63, 3.8) is 0 Å². The van der Waals surface area contributed by atoms with E-state index in [9.17, 15) is 9.90 Å². The van der Waals surface area contributed by atoms with Crippen molar-refractivity contribution in [2.75, 3.05) is 13.2 Å². The SMILES string of the molecule is CCCCCCCCCCCCC(CCCCCCCC)C(=O)OCC(O)CO. The zero-order chi connectivity index (χ0) is 21.6. The van der Waals surface area contributed by atoms with E-state index in [2.05, 4.69) is 13.8 Å². The molecule has 0 radical (unpaired) electrons. The van der Waals surface area contributed by atoms with Gasteiger partial charge >= 0.3 is 5.97 Å². The third-order valence-electron chi connectivity index (χ3n) is 5.77. The summed E-state index contributed by atoms with van der Waals surface area (Å²) in [4.78, 5) is 12.4. The summed E-state index contributed by atoms with van der Waals surface area (Å²) in [6, 6.07) is 0. The van der Waals surface area contributed by atoms with Crippen LogP contribution in [0.5, 0.6) is 0 Å². The minimum atomic E-state index is -0.967. The Morgan fingerprint density at radius 2 is 1.07 bits per heavy atom. The third kappa shape index (κ3) is 19.1. The highest BCUT2D eigenvalue weighted by Gasteiger charge is 2.20. The summed E-state index contributed by atoms with van der Waals surface area (Å²) in [7, 11) is 0. The zero-order valence-electron chi connectivity index (χ0n) is 19.5. The van der Waals surface area contributed by atoms with Crippen LogP contribution < -0.4 is 0 Å². The van der Waals surface area contributed by atoms with Crippen LogP contribution in [0.2, 0.25) is 0 Å². The van der Waals surface area contributed by atoms with Gasteiger partial charge in [-0.25, -0.2) is 0 Å². The molecule has 2 atom stereocenters. The topological polar surface area (TPSA) is 66.8 Å². The quantitative estimate of drug-likeness (QED) is 0.155. The fourth-order valence-corrected chi connectivity index (χ4v) is 3.78. The smallest absolute Gasteiger partial charge is 0.309 e. The minimum absolute atomic E-state index is 0.0545. The summed E-state index contributed by atoms with van der Waals surface area (Å²) in [6.45, 7) is 4.01. The van der Waals surface area contributed by atoms with Crippen molar-refractivity contribution in [1.82, 2.24) is 0 Å². The Morgan fingerprint density at radius 3 is 1.45 bits per heavy atom. The Hall–Kier alpha value is -0.610. The molecule has 0 aliphatic heterocycles. The number of ether oxygens (including phenoxy) is 1. The largest absolute Gasteiger partial charge is 0.463 e. The molecule has 4 heteroatoms. The van der Waals surface area contributed by atoms with Crippen LogP contribution in [0.1, 0.15) is 129 Å². The highest BCUT2D eigenvalue weighted by atomic mass is 16.5. The van der Waals surface area contributed by atoms with E-state index in [1.807, 2.05) is 0 Å². The second kappa shape index (κ2) is 22.1. The van der Waals surface area contributed by atoms with Crippen molar-refractivity contribution < 1.29 is 19.7 Å². The molecule has 0 fully saturated rings. The van der Waals surface area contributed by atoms with E-state index in [0.717, 1.165) is 25.7 Å². The molecule has 4 nitrogen and oxygen atoms in total. The van der Waals surface area contributed by atoms with Gasteiger partial charge in [0.15, 0.2) is 0 Å². The van der Waals surface area contributed by atoms with E-state index in [-0.39, 0.29) is 25.1 Å². The highest BCUT2D eigenvalue weighted by Crippen LogP contribution is 2.21. The van der Waals surface area contributed by atoms with Crippen molar-refractivity contribution in [2.24, 2.45) is 5.92 Å². The lowest BCUT2D eigenvalue weighted by Gasteiger charge is -2.17. The van der Waals surface area contributed by atoms with Crippen molar-refractivity contribution in [3.05, 3.63) is 0 Å². The number of hydrogen-bond donors (Lipinski definition) is 2. The Balaban J connectivity index is 3.99. The molecule has 2 N–H and O–H groups in total. The van der Waals surface area contributed by atoms with Gasteiger partial charge in [-0.05, 0) is 12.8 Å². The third-order valence-corrected chi connectivity index (χ3v) is 5.77. The average molecular weight is 415 g/mol. The number of unbranched alkanes of at least 4 members (excludes halogenated alkanes) is 14. The number of aliphatic hydroxyl groups is 2. The molecule has 0 aromatic carbocycles. The van der Waals surface area contributed by atoms with E-state index in [1.165, 1.54) is 89.9 Å². The molecular formula is C25H50O4. The predicted octanol–water partition coefficient (Wildman–Crippen LogP) is 6.56. The summed E-state index contributed by atoms with van der Waals surface area (Å²) >= 11 is 0. The number of carbonyl (C=O) groups excluding carboxylic acids is 1. The molecule has 0 aromatic rings. The average Bonchev–Trinajstić information content (AvgIpc) is 2.73. The van der Waals surface area contributed by atoms with E-state index in [0.29, 0.717) is 0 Å². The van der Waals surface area contributed by atoms with Crippen LogP contribution in [0.15, 0.2) is 0 Å². The maximum absolute atomic E-state index is 12.4. The van der Waals surface area contributed by atoms with Gasteiger partial charge in [0.25, 0.3) is 0 Å². The summed E-state index contributed by atoms with van der Waals surface area (Å²) in [6.07, 6.45) is 21.1. The Labute approximate surface area is 180 Å². The fourth-order valence-electron chi connectivity index (χ4n) is 3.78. The molecular weight excluding hydrogens is 364 g/mol. The van der Waals surface area contributed by atoms with Gasteiger partial charge in [-0.3, -0.25) is 4.79 Å². The predicted molar refractivity (Wildman–Crippen MR) is 122 cm³/mol. The molecule has 174 valence electrons. The van der Waals surface area contributed by atoms with Crippen molar-refractivity contribution >= 4 is 5.97 Å². The molecule has 29 heavy (non-hydrogen) atoms. The Kier molecular flexibility index (Phi) is 21.6. The zero-order valence-corrected chi connectivity index (χ0v) is 19.5. The van der Waals surface area contributed by atoms with E-state index < -0.39 is 6.10 Å². The van der Waals surface area contributed by atoms with Crippen LogP contribution >= 0.6 is 0 Å². The minimum Gasteiger partial charge on any atom is -0.463 e. The number of aliphatic hydroxyl groups excluding tert-OH is 2. The molecule has 0 aliphatic carbocycles. The second-order valence-corrected chi connectivity index (χ2v) is 8.69. The van der Waals surface area contributed by atoms with E-state index in [1.54, 1.807) is 0 Å².